The molecule has 0 saturated heterocycles. The van der Waals surface area contributed by atoms with E-state index in [1.165, 1.54) is 31.2 Å². The highest BCUT2D eigenvalue weighted by Gasteiger charge is 2.33. The Morgan fingerprint density at radius 3 is 2.26 bits per heavy atom. The molecule has 7 nitrogen and oxygen atoms in total. The first kappa shape index (κ1) is 18.8. The predicted octanol–water partition coefficient (Wildman–Crippen LogP) is 3.28. The normalized spacial score (nSPS) is 12.3. The molecule has 1 heterocycles. The lowest BCUT2D eigenvalue weighted by Crippen LogP contribution is -2.15. The molecule has 0 radical (unpaired) electrons. The molecule has 1 N–H and O–H groups in total. The molecule has 0 saturated carbocycles. The molecule has 0 aliphatic heterocycles. The van der Waals surface area contributed by atoms with Crippen molar-refractivity contribution in [2.75, 3.05) is 5.32 Å². The summed E-state index contributed by atoms with van der Waals surface area (Å²) >= 11 is 6.12. The number of carbonyl (C=O) groups is 1. The molecule has 27 heavy (non-hydrogen) atoms. The van der Waals surface area contributed by atoms with Gasteiger partial charge in [0.25, 0.3) is 0 Å². The summed E-state index contributed by atoms with van der Waals surface area (Å²) in [6.07, 6.45) is 0. The summed E-state index contributed by atoms with van der Waals surface area (Å²) in [5.74, 6) is -0.279. The van der Waals surface area contributed by atoms with Crippen LogP contribution in [0.4, 0.5) is 5.69 Å². The maximum atomic E-state index is 12.9. The number of nitrogens with one attached hydrogen (secondary N) is 1. The van der Waals surface area contributed by atoms with Gasteiger partial charge in [0, 0.05) is 12.6 Å². The summed E-state index contributed by atoms with van der Waals surface area (Å²) in [4.78, 5) is 19.4. The number of hydrogen-bond donors (Lipinski definition) is 1. The third-order valence-corrected chi connectivity index (χ3v) is 5.89. The number of halogens is 1. The van der Waals surface area contributed by atoms with Gasteiger partial charge in [-0.3, -0.25) is 4.79 Å². The quantitative estimate of drug-likeness (QED) is 0.718. The molecule has 0 bridgehead atoms. The highest BCUT2D eigenvalue weighted by Crippen LogP contribution is 2.32. The number of fused-ring (bicyclic) bond motifs is 1. The molecule has 0 fully saturated rings. The molecule has 0 unspecified atom stereocenters. The Balaban J connectivity index is 2.05. The number of nitriles is 1. The molecular weight excluding hydrogens is 388 g/mol. The van der Waals surface area contributed by atoms with Gasteiger partial charge in [0.05, 0.1) is 22.0 Å². The SMILES string of the molecule is CC(=O)Nc1ccc(S(=O)(=O)[C@@H](C#N)c2nc3ccccc3nc2Cl)cc1. The molecule has 1 atom stereocenters. The number of carbonyl (C=O) groups excluding carboxylic acids is 1. The van der Waals surface area contributed by atoms with Crippen LogP contribution >= 0.6 is 11.6 Å². The fourth-order valence-electron chi connectivity index (χ4n) is 2.50. The van der Waals surface area contributed by atoms with E-state index in [0.29, 0.717) is 16.7 Å². The number of anilines is 1. The topological polar surface area (TPSA) is 113 Å². The van der Waals surface area contributed by atoms with E-state index in [1.807, 2.05) is 0 Å². The smallest absolute Gasteiger partial charge is 0.221 e. The highest BCUT2D eigenvalue weighted by molar-refractivity contribution is 7.92. The number of hydrogen-bond acceptors (Lipinski definition) is 6. The number of sulfone groups is 1. The van der Waals surface area contributed by atoms with Gasteiger partial charge < -0.3 is 5.32 Å². The Labute approximate surface area is 160 Å². The van der Waals surface area contributed by atoms with E-state index in [0.717, 1.165) is 0 Å². The van der Waals surface area contributed by atoms with Crippen LogP contribution in [-0.4, -0.2) is 24.3 Å². The van der Waals surface area contributed by atoms with Crippen LogP contribution < -0.4 is 5.32 Å². The largest absolute Gasteiger partial charge is 0.326 e. The fraction of sp³-hybridized carbons (Fsp3) is 0.111. The summed E-state index contributed by atoms with van der Waals surface area (Å²) in [6, 6.07) is 14.1. The van der Waals surface area contributed by atoms with E-state index in [1.54, 1.807) is 30.3 Å². The maximum Gasteiger partial charge on any atom is 0.221 e. The Bertz CT molecular complexity index is 1170. The number of para-hydroxylation sites is 2. The van der Waals surface area contributed by atoms with Crippen molar-refractivity contribution < 1.29 is 13.2 Å². The van der Waals surface area contributed by atoms with E-state index in [4.69, 9.17) is 11.6 Å². The average Bonchev–Trinajstić information content (AvgIpc) is 2.62. The molecule has 0 aliphatic rings. The fourth-order valence-corrected chi connectivity index (χ4v) is 4.20. The summed E-state index contributed by atoms with van der Waals surface area (Å²) in [6.45, 7) is 1.34. The van der Waals surface area contributed by atoms with E-state index in [2.05, 4.69) is 15.3 Å². The lowest BCUT2D eigenvalue weighted by Gasteiger charge is -2.13. The molecule has 1 aromatic heterocycles. The van der Waals surface area contributed by atoms with Crippen molar-refractivity contribution in [3.63, 3.8) is 0 Å². The molecular formula is C18H13ClN4O3S. The summed E-state index contributed by atoms with van der Waals surface area (Å²) in [5, 5.41) is 10.3. The first-order valence-electron chi connectivity index (χ1n) is 7.76. The zero-order valence-electron chi connectivity index (χ0n) is 14.0. The van der Waals surface area contributed by atoms with E-state index in [9.17, 15) is 18.5 Å². The van der Waals surface area contributed by atoms with Gasteiger partial charge in [-0.15, -0.1) is 0 Å². The van der Waals surface area contributed by atoms with Gasteiger partial charge >= 0.3 is 0 Å². The van der Waals surface area contributed by atoms with Crippen LogP contribution in [0.25, 0.3) is 11.0 Å². The van der Waals surface area contributed by atoms with Crippen LogP contribution in [0.1, 0.15) is 17.9 Å². The maximum absolute atomic E-state index is 12.9. The highest BCUT2D eigenvalue weighted by atomic mass is 35.5. The minimum absolute atomic E-state index is 0.0887. The van der Waals surface area contributed by atoms with Gasteiger partial charge in [0.2, 0.25) is 15.7 Å². The van der Waals surface area contributed by atoms with Gasteiger partial charge in [0.1, 0.15) is 5.69 Å². The molecule has 0 aliphatic carbocycles. The Morgan fingerprint density at radius 2 is 1.70 bits per heavy atom. The lowest BCUT2D eigenvalue weighted by molar-refractivity contribution is -0.114. The molecule has 9 heteroatoms. The van der Waals surface area contributed by atoms with Crippen LogP contribution in [0.2, 0.25) is 5.15 Å². The second kappa shape index (κ2) is 7.31. The lowest BCUT2D eigenvalue weighted by atomic mass is 10.2. The number of nitrogens with zero attached hydrogens (tertiary/aromatic N) is 3. The molecule has 3 rings (SSSR count). The number of benzene rings is 2. The van der Waals surface area contributed by atoms with Gasteiger partial charge in [0.15, 0.2) is 10.4 Å². The van der Waals surface area contributed by atoms with Crippen LogP contribution in [0.3, 0.4) is 0 Å². The predicted molar refractivity (Wildman–Crippen MR) is 101 cm³/mol. The summed E-state index contributed by atoms with van der Waals surface area (Å²) in [7, 11) is -4.10. The van der Waals surface area contributed by atoms with Crippen molar-refractivity contribution in [3.8, 4) is 6.07 Å². The Kier molecular flexibility index (Phi) is 5.08. The third-order valence-electron chi connectivity index (χ3n) is 3.73. The standard InChI is InChI=1S/C18H13ClN4O3S/c1-11(24)21-12-6-8-13(9-7-12)27(25,26)16(10-20)17-18(19)23-15-5-3-2-4-14(15)22-17/h2-9,16H,1H3,(H,21,24)/t16-/m0/s1. The van der Waals surface area contributed by atoms with Gasteiger partial charge in [-0.25, -0.2) is 18.4 Å². The van der Waals surface area contributed by atoms with E-state index >= 15 is 0 Å². The molecule has 2 aromatic carbocycles. The molecule has 0 spiro atoms. The van der Waals surface area contributed by atoms with Crippen LogP contribution in [-0.2, 0) is 14.6 Å². The zero-order valence-corrected chi connectivity index (χ0v) is 15.6. The van der Waals surface area contributed by atoms with Gasteiger partial charge in [-0.1, -0.05) is 23.7 Å². The monoisotopic (exact) mass is 400 g/mol. The van der Waals surface area contributed by atoms with Crippen molar-refractivity contribution in [2.24, 2.45) is 0 Å². The minimum atomic E-state index is -4.10. The number of amides is 1. The van der Waals surface area contributed by atoms with E-state index < -0.39 is 15.1 Å². The Hall–Kier alpha value is -3.02. The second-order valence-electron chi connectivity index (χ2n) is 5.65. The van der Waals surface area contributed by atoms with Crippen molar-refractivity contribution in [3.05, 3.63) is 59.4 Å². The minimum Gasteiger partial charge on any atom is -0.326 e. The Morgan fingerprint density at radius 1 is 1.11 bits per heavy atom. The second-order valence-corrected chi connectivity index (χ2v) is 8.04. The average molecular weight is 401 g/mol. The molecule has 1 amide bonds. The third kappa shape index (κ3) is 3.74. The first-order chi connectivity index (χ1) is 12.8. The zero-order chi connectivity index (χ0) is 19.6. The van der Waals surface area contributed by atoms with Gasteiger partial charge in [-0.2, -0.15) is 5.26 Å². The van der Waals surface area contributed by atoms with Crippen molar-refractivity contribution in [1.82, 2.24) is 9.97 Å². The molecule has 136 valence electrons. The van der Waals surface area contributed by atoms with Crippen LogP contribution in [0.5, 0.6) is 0 Å². The van der Waals surface area contributed by atoms with Crippen molar-refractivity contribution in [1.29, 1.82) is 5.26 Å². The number of aromatic nitrogens is 2. The van der Waals surface area contributed by atoms with Crippen molar-refractivity contribution >= 4 is 44.1 Å². The summed E-state index contributed by atoms with van der Waals surface area (Å²) < 4.78 is 25.9. The molecule has 3 aromatic rings. The van der Waals surface area contributed by atoms with Crippen LogP contribution in [0.15, 0.2) is 53.4 Å². The van der Waals surface area contributed by atoms with Gasteiger partial charge in [-0.05, 0) is 36.4 Å². The summed E-state index contributed by atoms with van der Waals surface area (Å²) in [5.41, 5.74) is 1.26. The van der Waals surface area contributed by atoms with Crippen molar-refractivity contribution in [2.45, 2.75) is 17.1 Å². The van der Waals surface area contributed by atoms with Crippen LogP contribution in [0, 0.1) is 11.3 Å². The first-order valence-corrected chi connectivity index (χ1v) is 9.68. The van der Waals surface area contributed by atoms with E-state index in [-0.39, 0.29) is 21.6 Å². The number of rotatable bonds is 4.